The number of nitrogens with one attached hydrogen (secondary N) is 1. The lowest BCUT2D eigenvalue weighted by Crippen LogP contribution is -2.50. The molecule has 37 heavy (non-hydrogen) atoms. The summed E-state index contributed by atoms with van der Waals surface area (Å²) in [5, 5.41) is 15.5. The van der Waals surface area contributed by atoms with Crippen molar-refractivity contribution in [3.8, 4) is 11.6 Å². The Morgan fingerprint density at radius 2 is 2.00 bits per heavy atom. The zero-order valence-electron chi connectivity index (χ0n) is 21.0. The second-order valence-corrected chi connectivity index (χ2v) is 9.50. The minimum Gasteiger partial charge on any atom is -0.467 e. The number of carbonyl (C=O) groups is 2. The summed E-state index contributed by atoms with van der Waals surface area (Å²) in [4.78, 5) is 32.3. The van der Waals surface area contributed by atoms with Gasteiger partial charge >= 0.3 is 0 Å². The first-order valence-corrected chi connectivity index (χ1v) is 12.8. The predicted molar refractivity (Wildman–Crippen MR) is 131 cm³/mol. The third-order valence-electron chi connectivity index (χ3n) is 6.85. The van der Waals surface area contributed by atoms with Crippen LogP contribution in [0.15, 0.2) is 39.4 Å². The minimum atomic E-state index is -0.903. The van der Waals surface area contributed by atoms with Crippen molar-refractivity contribution in [2.24, 2.45) is 0 Å². The first-order valence-electron chi connectivity index (χ1n) is 12.8. The third kappa shape index (κ3) is 6.25. The first-order chi connectivity index (χ1) is 18.1. The van der Waals surface area contributed by atoms with E-state index in [-0.39, 0.29) is 24.4 Å². The lowest BCUT2D eigenvalue weighted by atomic mass is 10.1. The highest BCUT2D eigenvalue weighted by Gasteiger charge is 2.35. The van der Waals surface area contributed by atoms with Gasteiger partial charge in [0.25, 0.3) is 5.91 Å². The molecule has 0 aromatic carbocycles. The number of rotatable bonds is 10. The molecule has 3 aromatic heterocycles. The molecule has 5 rings (SSSR count). The van der Waals surface area contributed by atoms with Crippen LogP contribution in [0.5, 0.6) is 0 Å². The van der Waals surface area contributed by atoms with Gasteiger partial charge in [-0.25, -0.2) is 0 Å². The van der Waals surface area contributed by atoms with Crippen molar-refractivity contribution < 1.29 is 23.2 Å². The minimum absolute atomic E-state index is 0.109. The molecule has 12 heteroatoms. The molecule has 1 aliphatic carbocycles. The van der Waals surface area contributed by atoms with E-state index in [2.05, 4.69) is 25.6 Å². The molecule has 1 saturated carbocycles. The van der Waals surface area contributed by atoms with Crippen molar-refractivity contribution in [2.75, 3.05) is 39.4 Å². The average molecular weight is 512 g/mol. The van der Waals surface area contributed by atoms with E-state index in [0.29, 0.717) is 43.6 Å². The Kier molecular flexibility index (Phi) is 7.95. The fraction of sp³-hybridized carbons (Fsp3) is 0.560. The SMILES string of the molecule is Cc1ccc(-c2nnn(CC(=O)N(CCN3CCOCC3)C(C(=O)NC3CCCC3)c3ccco3)n2)o1. The lowest BCUT2D eigenvalue weighted by molar-refractivity contribution is -0.143. The Morgan fingerprint density at radius 3 is 2.70 bits per heavy atom. The van der Waals surface area contributed by atoms with Crippen LogP contribution in [0.25, 0.3) is 11.6 Å². The average Bonchev–Trinajstić information content (AvgIpc) is 3.71. The molecular formula is C25H33N7O5. The van der Waals surface area contributed by atoms with Gasteiger partial charge in [-0.15, -0.1) is 10.2 Å². The zero-order chi connectivity index (χ0) is 25.6. The van der Waals surface area contributed by atoms with Crippen LogP contribution in [0.3, 0.4) is 0 Å². The molecule has 1 unspecified atom stereocenters. The number of hydrogen-bond acceptors (Lipinski definition) is 9. The summed E-state index contributed by atoms with van der Waals surface area (Å²) in [7, 11) is 0. The van der Waals surface area contributed by atoms with Crippen LogP contribution in [0.4, 0.5) is 0 Å². The number of nitrogens with zero attached hydrogens (tertiary/aromatic N) is 6. The van der Waals surface area contributed by atoms with Crippen molar-refractivity contribution in [2.45, 2.75) is 51.2 Å². The monoisotopic (exact) mass is 511 g/mol. The Labute approximate surface area is 214 Å². The number of aromatic nitrogens is 4. The smallest absolute Gasteiger partial charge is 0.250 e. The fourth-order valence-corrected chi connectivity index (χ4v) is 4.87. The molecule has 4 heterocycles. The van der Waals surface area contributed by atoms with E-state index in [4.69, 9.17) is 13.6 Å². The largest absolute Gasteiger partial charge is 0.467 e. The van der Waals surface area contributed by atoms with E-state index < -0.39 is 6.04 Å². The van der Waals surface area contributed by atoms with Gasteiger partial charge in [-0.05, 0) is 49.2 Å². The molecule has 12 nitrogen and oxygen atoms in total. The molecule has 0 bridgehead atoms. The van der Waals surface area contributed by atoms with E-state index in [1.165, 1.54) is 11.1 Å². The van der Waals surface area contributed by atoms with Crippen LogP contribution in [0, 0.1) is 6.92 Å². The van der Waals surface area contributed by atoms with Gasteiger partial charge in [-0.2, -0.15) is 4.80 Å². The second-order valence-electron chi connectivity index (χ2n) is 9.50. The summed E-state index contributed by atoms with van der Waals surface area (Å²) in [5.41, 5.74) is 0. The summed E-state index contributed by atoms with van der Waals surface area (Å²) in [5.74, 6) is 1.37. The molecule has 198 valence electrons. The van der Waals surface area contributed by atoms with Crippen LogP contribution < -0.4 is 5.32 Å². The fourth-order valence-electron chi connectivity index (χ4n) is 4.87. The highest BCUT2D eigenvalue weighted by molar-refractivity contribution is 5.88. The second kappa shape index (κ2) is 11.7. The molecular weight excluding hydrogens is 478 g/mol. The normalized spacial score (nSPS) is 17.6. The third-order valence-corrected chi connectivity index (χ3v) is 6.85. The van der Waals surface area contributed by atoms with Crippen molar-refractivity contribution >= 4 is 11.8 Å². The number of tetrazole rings is 1. The molecule has 0 spiro atoms. The van der Waals surface area contributed by atoms with Crippen LogP contribution in [-0.2, 0) is 20.9 Å². The van der Waals surface area contributed by atoms with Gasteiger partial charge in [0.05, 0.1) is 19.5 Å². The standard InChI is InChI=1S/C25H33N7O5/c1-18-8-9-21(37-18)24-27-29-32(28-24)17-22(33)31(11-10-30-12-15-35-16-13-30)23(20-7-4-14-36-20)25(34)26-19-5-2-3-6-19/h4,7-9,14,19,23H,2-3,5-6,10-13,15-17H2,1H3,(H,26,34). The maximum atomic E-state index is 13.7. The number of furan rings is 2. The highest BCUT2D eigenvalue weighted by Crippen LogP contribution is 2.25. The van der Waals surface area contributed by atoms with Gasteiger partial charge in [0.15, 0.2) is 11.8 Å². The maximum Gasteiger partial charge on any atom is 0.250 e. The summed E-state index contributed by atoms with van der Waals surface area (Å²) in [6.45, 7) is 5.44. The Balaban J connectivity index is 1.37. The van der Waals surface area contributed by atoms with E-state index >= 15 is 0 Å². The number of hydrogen-bond donors (Lipinski definition) is 1. The maximum absolute atomic E-state index is 13.7. The Morgan fingerprint density at radius 1 is 1.19 bits per heavy atom. The number of aryl methyl sites for hydroxylation is 1. The van der Waals surface area contributed by atoms with Gasteiger partial charge in [0.2, 0.25) is 11.7 Å². The van der Waals surface area contributed by atoms with Gasteiger partial charge in [0, 0.05) is 32.2 Å². The van der Waals surface area contributed by atoms with Gasteiger partial charge < -0.3 is 23.8 Å². The molecule has 0 radical (unpaired) electrons. The van der Waals surface area contributed by atoms with Crippen molar-refractivity contribution in [3.05, 3.63) is 42.0 Å². The number of carbonyl (C=O) groups excluding carboxylic acids is 2. The van der Waals surface area contributed by atoms with E-state index in [0.717, 1.165) is 44.5 Å². The zero-order valence-corrected chi connectivity index (χ0v) is 21.0. The number of ether oxygens (including phenoxy) is 1. The quantitative estimate of drug-likeness (QED) is 0.433. The van der Waals surface area contributed by atoms with Crippen molar-refractivity contribution in [3.63, 3.8) is 0 Å². The Bertz CT molecular complexity index is 1160. The topological polar surface area (TPSA) is 132 Å². The molecule has 2 amide bonds. The summed E-state index contributed by atoms with van der Waals surface area (Å²) >= 11 is 0. The van der Waals surface area contributed by atoms with Gasteiger partial charge in [0.1, 0.15) is 18.1 Å². The lowest BCUT2D eigenvalue weighted by Gasteiger charge is -2.33. The van der Waals surface area contributed by atoms with Gasteiger partial charge in [-0.3, -0.25) is 14.5 Å². The molecule has 2 aliphatic rings. The van der Waals surface area contributed by atoms with Crippen LogP contribution in [-0.4, -0.2) is 87.3 Å². The number of morpholine rings is 1. The molecule has 2 fully saturated rings. The van der Waals surface area contributed by atoms with E-state index in [1.807, 2.05) is 13.0 Å². The van der Waals surface area contributed by atoms with Crippen LogP contribution in [0.2, 0.25) is 0 Å². The van der Waals surface area contributed by atoms with Crippen molar-refractivity contribution in [1.82, 2.24) is 35.3 Å². The molecule has 1 N–H and O–H groups in total. The van der Waals surface area contributed by atoms with E-state index in [9.17, 15) is 9.59 Å². The number of amides is 2. The molecule has 1 aliphatic heterocycles. The predicted octanol–water partition coefficient (Wildman–Crippen LogP) is 1.80. The van der Waals surface area contributed by atoms with Crippen LogP contribution >= 0.6 is 0 Å². The van der Waals surface area contributed by atoms with Crippen LogP contribution in [0.1, 0.15) is 43.2 Å². The summed E-state index contributed by atoms with van der Waals surface area (Å²) < 4.78 is 16.7. The van der Waals surface area contributed by atoms with E-state index in [1.54, 1.807) is 23.1 Å². The van der Waals surface area contributed by atoms with Crippen molar-refractivity contribution in [1.29, 1.82) is 0 Å². The molecule has 3 aromatic rings. The molecule has 1 atom stereocenters. The summed E-state index contributed by atoms with van der Waals surface area (Å²) in [6, 6.07) is 6.24. The highest BCUT2D eigenvalue weighted by atomic mass is 16.5. The Hall–Kier alpha value is -3.51. The van der Waals surface area contributed by atoms with Gasteiger partial charge in [-0.1, -0.05) is 12.8 Å². The summed E-state index contributed by atoms with van der Waals surface area (Å²) in [6.07, 6.45) is 5.58. The first kappa shape index (κ1) is 25.2. The molecule has 1 saturated heterocycles.